The maximum atomic E-state index is 5.20. The second-order valence-electron chi connectivity index (χ2n) is 3.74. The first kappa shape index (κ1) is 13.4. The Morgan fingerprint density at radius 2 is 2.12 bits per heavy atom. The lowest BCUT2D eigenvalue weighted by Crippen LogP contribution is -2.36. The molecule has 0 aliphatic heterocycles. The Balaban J connectivity index is 2.56. The lowest BCUT2D eigenvalue weighted by Gasteiger charge is -2.09. The predicted molar refractivity (Wildman–Crippen MR) is 74.6 cm³/mol. The van der Waals surface area contributed by atoms with Gasteiger partial charge in [-0.05, 0) is 38.2 Å². The van der Waals surface area contributed by atoms with E-state index in [0.717, 1.165) is 11.3 Å². The van der Waals surface area contributed by atoms with Crippen molar-refractivity contribution in [3.63, 3.8) is 0 Å². The summed E-state index contributed by atoms with van der Waals surface area (Å²) < 4.78 is 5.20. The fraction of sp³-hybridized carbons (Fsp3) is 0.333. The lowest BCUT2D eigenvalue weighted by molar-refractivity contribution is 0.414. The standard InChI is InChI=1S/C12H17N3OS/c1-9(2)14-12(17)15-13-8-10-6-4-5-7-11(10)16-3/h4-9H,1-3H3,(H2,14,15,17). The van der Waals surface area contributed by atoms with E-state index in [4.69, 9.17) is 17.0 Å². The van der Waals surface area contributed by atoms with Crippen LogP contribution in [0.3, 0.4) is 0 Å². The van der Waals surface area contributed by atoms with Crippen LogP contribution in [0.25, 0.3) is 0 Å². The fourth-order valence-corrected chi connectivity index (χ4v) is 1.52. The predicted octanol–water partition coefficient (Wildman–Crippen LogP) is 1.90. The van der Waals surface area contributed by atoms with E-state index < -0.39 is 0 Å². The number of nitrogens with one attached hydrogen (secondary N) is 2. The van der Waals surface area contributed by atoms with Crippen LogP contribution in [0.5, 0.6) is 5.75 Å². The number of methoxy groups -OCH3 is 1. The van der Waals surface area contributed by atoms with Crippen molar-refractivity contribution in [3.8, 4) is 5.75 Å². The van der Waals surface area contributed by atoms with Gasteiger partial charge in [0.15, 0.2) is 5.11 Å². The van der Waals surface area contributed by atoms with Crippen LogP contribution in [-0.2, 0) is 0 Å². The van der Waals surface area contributed by atoms with Gasteiger partial charge in [0.25, 0.3) is 0 Å². The minimum atomic E-state index is 0.288. The molecule has 0 aromatic heterocycles. The molecule has 0 radical (unpaired) electrons. The van der Waals surface area contributed by atoms with Gasteiger partial charge >= 0.3 is 0 Å². The third-order valence-electron chi connectivity index (χ3n) is 1.93. The molecule has 0 fully saturated rings. The van der Waals surface area contributed by atoms with E-state index in [0.29, 0.717) is 5.11 Å². The van der Waals surface area contributed by atoms with Crippen LogP contribution >= 0.6 is 12.2 Å². The van der Waals surface area contributed by atoms with Crippen molar-refractivity contribution >= 4 is 23.5 Å². The zero-order valence-corrected chi connectivity index (χ0v) is 11.0. The van der Waals surface area contributed by atoms with E-state index in [1.54, 1.807) is 13.3 Å². The fourth-order valence-electron chi connectivity index (χ4n) is 1.23. The molecule has 0 saturated carbocycles. The van der Waals surface area contributed by atoms with E-state index in [1.165, 1.54) is 0 Å². The number of rotatable bonds is 4. The van der Waals surface area contributed by atoms with Crippen molar-refractivity contribution < 1.29 is 4.74 Å². The largest absolute Gasteiger partial charge is 0.496 e. The maximum absolute atomic E-state index is 5.20. The topological polar surface area (TPSA) is 45.6 Å². The molecule has 1 rings (SSSR count). The molecule has 5 heteroatoms. The van der Waals surface area contributed by atoms with Gasteiger partial charge in [-0.3, -0.25) is 5.43 Å². The number of benzene rings is 1. The van der Waals surface area contributed by atoms with Crippen LogP contribution in [0.4, 0.5) is 0 Å². The Bertz CT molecular complexity index is 404. The number of hydrogen-bond donors (Lipinski definition) is 2. The summed E-state index contributed by atoms with van der Waals surface area (Å²) in [6.07, 6.45) is 1.67. The number of para-hydroxylation sites is 1. The summed E-state index contributed by atoms with van der Waals surface area (Å²) in [5.41, 5.74) is 3.65. The highest BCUT2D eigenvalue weighted by atomic mass is 32.1. The van der Waals surface area contributed by atoms with Gasteiger partial charge in [-0.25, -0.2) is 0 Å². The second kappa shape index (κ2) is 6.85. The number of nitrogens with zero attached hydrogens (tertiary/aromatic N) is 1. The summed E-state index contributed by atoms with van der Waals surface area (Å²) in [7, 11) is 1.63. The molecule has 0 unspecified atom stereocenters. The molecule has 0 amide bonds. The Morgan fingerprint density at radius 3 is 2.76 bits per heavy atom. The van der Waals surface area contributed by atoms with E-state index >= 15 is 0 Å². The summed E-state index contributed by atoms with van der Waals surface area (Å²) in [4.78, 5) is 0. The van der Waals surface area contributed by atoms with Crippen LogP contribution in [0.15, 0.2) is 29.4 Å². The quantitative estimate of drug-likeness (QED) is 0.487. The van der Waals surface area contributed by atoms with E-state index in [1.807, 2.05) is 38.1 Å². The molecule has 0 aliphatic rings. The van der Waals surface area contributed by atoms with Crippen molar-refractivity contribution in [1.29, 1.82) is 0 Å². The molecule has 1 aromatic carbocycles. The maximum Gasteiger partial charge on any atom is 0.187 e. The minimum absolute atomic E-state index is 0.288. The number of hydrogen-bond acceptors (Lipinski definition) is 3. The summed E-state index contributed by atoms with van der Waals surface area (Å²) in [6, 6.07) is 7.93. The molecule has 0 bridgehead atoms. The number of ether oxygens (including phenoxy) is 1. The van der Waals surface area contributed by atoms with Gasteiger partial charge < -0.3 is 10.1 Å². The van der Waals surface area contributed by atoms with E-state index in [2.05, 4.69) is 15.8 Å². The van der Waals surface area contributed by atoms with Crippen LogP contribution in [0, 0.1) is 0 Å². The Kier molecular flexibility index (Phi) is 5.42. The summed E-state index contributed by atoms with van der Waals surface area (Å²) in [5, 5.41) is 7.58. The van der Waals surface area contributed by atoms with Gasteiger partial charge in [-0.2, -0.15) is 5.10 Å². The molecular formula is C12H17N3OS. The molecule has 0 heterocycles. The van der Waals surface area contributed by atoms with Crippen LogP contribution in [0.2, 0.25) is 0 Å². The van der Waals surface area contributed by atoms with Gasteiger partial charge in [0.2, 0.25) is 0 Å². The third kappa shape index (κ3) is 4.82. The monoisotopic (exact) mass is 251 g/mol. The third-order valence-corrected chi connectivity index (χ3v) is 2.14. The second-order valence-corrected chi connectivity index (χ2v) is 4.15. The van der Waals surface area contributed by atoms with Crippen molar-refractivity contribution in [2.75, 3.05) is 7.11 Å². The average Bonchev–Trinajstić information content (AvgIpc) is 2.28. The molecule has 17 heavy (non-hydrogen) atoms. The molecule has 4 nitrogen and oxygen atoms in total. The van der Waals surface area contributed by atoms with Gasteiger partial charge in [0, 0.05) is 11.6 Å². The Hall–Kier alpha value is -1.62. The zero-order chi connectivity index (χ0) is 12.7. The Labute approximate surface area is 107 Å². The van der Waals surface area contributed by atoms with Crippen molar-refractivity contribution in [2.45, 2.75) is 19.9 Å². The first-order valence-corrected chi connectivity index (χ1v) is 5.77. The van der Waals surface area contributed by atoms with Crippen LogP contribution < -0.4 is 15.5 Å². The first-order valence-electron chi connectivity index (χ1n) is 5.36. The lowest BCUT2D eigenvalue weighted by atomic mass is 10.2. The van der Waals surface area contributed by atoms with Gasteiger partial charge in [-0.15, -0.1) is 0 Å². The smallest absolute Gasteiger partial charge is 0.187 e. The van der Waals surface area contributed by atoms with Crippen molar-refractivity contribution in [1.82, 2.24) is 10.7 Å². The SMILES string of the molecule is COc1ccccc1C=NNC(=S)NC(C)C. The highest BCUT2D eigenvalue weighted by Crippen LogP contribution is 2.14. The summed E-state index contributed by atoms with van der Waals surface area (Å²) >= 11 is 5.04. The number of thiocarbonyl (C=S) groups is 1. The first-order chi connectivity index (χ1) is 8.13. The summed E-state index contributed by atoms with van der Waals surface area (Å²) in [5.74, 6) is 0.779. The molecule has 92 valence electrons. The Morgan fingerprint density at radius 1 is 1.41 bits per heavy atom. The molecule has 0 saturated heterocycles. The summed E-state index contributed by atoms with van der Waals surface area (Å²) in [6.45, 7) is 4.02. The van der Waals surface area contributed by atoms with Gasteiger partial charge in [0.05, 0.1) is 13.3 Å². The molecular weight excluding hydrogens is 234 g/mol. The normalized spacial score (nSPS) is 10.6. The minimum Gasteiger partial charge on any atom is -0.496 e. The van der Waals surface area contributed by atoms with E-state index in [9.17, 15) is 0 Å². The molecule has 1 aromatic rings. The zero-order valence-electron chi connectivity index (χ0n) is 10.2. The molecule has 0 aliphatic carbocycles. The molecule has 2 N–H and O–H groups in total. The number of hydrazone groups is 1. The highest BCUT2D eigenvalue weighted by Gasteiger charge is 1.98. The van der Waals surface area contributed by atoms with Crippen LogP contribution in [0.1, 0.15) is 19.4 Å². The van der Waals surface area contributed by atoms with Crippen molar-refractivity contribution in [3.05, 3.63) is 29.8 Å². The van der Waals surface area contributed by atoms with Crippen molar-refractivity contribution in [2.24, 2.45) is 5.10 Å². The van der Waals surface area contributed by atoms with E-state index in [-0.39, 0.29) is 6.04 Å². The average molecular weight is 251 g/mol. The molecule has 0 atom stereocenters. The highest BCUT2D eigenvalue weighted by molar-refractivity contribution is 7.80. The molecule has 0 spiro atoms. The van der Waals surface area contributed by atoms with Crippen LogP contribution in [-0.4, -0.2) is 24.5 Å². The van der Waals surface area contributed by atoms with Gasteiger partial charge in [0.1, 0.15) is 5.75 Å². The van der Waals surface area contributed by atoms with Gasteiger partial charge in [-0.1, -0.05) is 12.1 Å².